The molecule has 4 aliphatic rings. The first-order chi connectivity index (χ1) is 18.6. The normalized spacial score (nSPS) is 26.2. The van der Waals surface area contributed by atoms with Gasteiger partial charge in [0.25, 0.3) is 0 Å². The third kappa shape index (κ3) is 4.54. The second-order valence-electron chi connectivity index (χ2n) is 10.3. The molecule has 1 aliphatic heterocycles. The highest BCUT2D eigenvalue weighted by Crippen LogP contribution is 2.57. The van der Waals surface area contributed by atoms with Gasteiger partial charge in [-0.1, -0.05) is 24.1 Å². The molecule has 9 nitrogen and oxygen atoms in total. The van der Waals surface area contributed by atoms with E-state index in [2.05, 4.69) is 15.9 Å². The minimum atomic E-state index is -0.883. The molecule has 1 saturated heterocycles. The summed E-state index contributed by atoms with van der Waals surface area (Å²) >= 11 is 3.20. The number of ketones is 2. The van der Waals surface area contributed by atoms with Crippen molar-refractivity contribution in [1.82, 2.24) is 4.90 Å². The number of unbranched alkanes of at least 4 members (excludes halogenated alkanes) is 2. The number of carbonyl (C=O) groups is 5. The van der Waals surface area contributed by atoms with Crippen molar-refractivity contribution in [1.29, 1.82) is 0 Å². The number of phenols is 1. The number of rotatable bonds is 8. The van der Waals surface area contributed by atoms with E-state index in [1.54, 1.807) is 12.1 Å². The van der Waals surface area contributed by atoms with E-state index in [1.165, 1.54) is 24.2 Å². The molecule has 3 aliphatic carbocycles. The van der Waals surface area contributed by atoms with Crippen molar-refractivity contribution in [2.75, 3.05) is 13.7 Å². The van der Waals surface area contributed by atoms with Crippen molar-refractivity contribution in [3.63, 3.8) is 0 Å². The first-order valence-corrected chi connectivity index (χ1v) is 13.8. The Bertz CT molecular complexity index is 1390. The number of imide groups is 1. The summed E-state index contributed by atoms with van der Waals surface area (Å²) in [5, 5.41) is 19.8. The summed E-state index contributed by atoms with van der Waals surface area (Å²) in [5.74, 6) is -4.50. The van der Waals surface area contributed by atoms with E-state index in [-0.39, 0.29) is 64.1 Å². The molecule has 4 unspecified atom stereocenters. The van der Waals surface area contributed by atoms with Crippen LogP contribution >= 0.6 is 15.9 Å². The molecule has 2 amide bonds. The summed E-state index contributed by atoms with van der Waals surface area (Å²) in [6.07, 6.45) is 5.14. The van der Waals surface area contributed by atoms with E-state index in [1.807, 2.05) is 6.08 Å². The smallest absolute Gasteiger partial charge is 0.303 e. The standard InChI is InChI=1S/C29H28BrNO8/c1-39-21-7-5-6-19(32)26(21)25-14-9-10-15-23(16(14)12-17-24(25)20(33)13-18(30)27(17)36)29(38)31(28(15)37)11-4-2-3-8-22(34)35/h5-7,9,13,15-16,23,25,32H,2-4,8,10-12H2,1H3,(H,34,35). The van der Waals surface area contributed by atoms with Crippen LogP contribution in [0.25, 0.3) is 0 Å². The van der Waals surface area contributed by atoms with Crippen molar-refractivity contribution in [3.8, 4) is 11.5 Å². The van der Waals surface area contributed by atoms with Gasteiger partial charge < -0.3 is 14.9 Å². The molecule has 10 heteroatoms. The zero-order valence-corrected chi connectivity index (χ0v) is 22.9. The number of amides is 2. The fourth-order valence-electron chi connectivity index (χ4n) is 6.55. The van der Waals surface area contributed by atoms with E-state index in [0.29, 0.717) is 37.0 Å². The number of phenolic OH excluding ortho intramolecular Hbond substituents is 1. The molecule has 204 valence electrons. The van der Waals surface area contributed by atoms with E-state index < -0.39 is 29.6 Å². The highest BCUT2D eigenvalue weighted by atomic mass is 79.9. The highest BCUT2D eigenvalue weighted by molar-refractivity contribution is 9.12. The van der Waals surface area contributed by atoms with Crippen LogP contribution in [0.1, 0.15) is 50.0 Å². The number of allylic oxidation sites excluding steroid dienone is 6. The number of ether oxygens (including phenoxy) is 1. The van der Waals surface area contributed by atoms with Crippen LogP contribution in [0.5, 0.6) is 11.5 Å². The molecule has 39 heavy (non-hydrogen) atoms. The number of carboxylic acids is 1. The number of benzene rings is 1. The van der Waals surface area contributed by atoms with Gasteiger partial charge >= 0.3 is 5.97 Å². The Morgan fingerprint density at radius 1 is 1.10 bits per heavy atom. The van der Waals surface area contributed by atoms with Crippen molar-refractivity contribution < 1.29 is 38.9 Å². The number of aliphatic carboxylic acids is 1. The van der Waals surface area contributed by atoms with Crippen LogP contribution in [0.4, 0.5) is 0 Å². The Labute approximate surface area is 233 Å². The summed E-state index contributed by atoms with van der Waals surface area (Å²) in [6, 6.07) is 4.78. The molecule has 1 aromatic carbocycles. The predicted octanol–water partition coefficient (Wildman–Crippen LogP) is 3.81. The van der Waals surface area contributed by atoms with Crippen molar-refractivity contribution in [3.05, 3.63) is 57.1 Å². The number of halogens is 1. The second kappa shape index (κ2) is 10.6. The van der Waals surface area contributed by atoms with Crippen LogP contribution in [0.2, 0.25) is 0 Å². The molecule has 1 fully saturated rings. The minimum absolute atomic E-state index is 0.0356. The predicted molar refractivity (Wildman–Crippen MR) is 142 cm³/mol. The fourth-order valence-corrected chi connectivity index (χ4v) is 6.99. The van der Waals surface area contributed by atoms with Gasteiger partial charge in [0, 0.05) is 41.7 Å². The highest BCUT2D eigenvalue weighted by Gasteiger charge is 2.56. The summed E-state index contributed by atoms with van der Waals surface area (Å²) < 4.78 is 5.68. The van der Waals surface area contributed by atoms with Gasteiger partial charge in [0.05, 0.1) is 23.4 Å². The number of carboxylic acid groups (broad SMARTS) is 1. The van der Waals surface area contributed by atoms with Crippen LogP contribution in [0.3, 0.4) is 0 Å². The maximum Gasteiger partial charge on any atom is 0.303 e. The number of nitrogens with zero attached hydrogens (tertiary/aromatic N) is 1. The number of hydrogen-bond donors (Lipinski definition) is 2. The lowest BCUT2D eigenvalue weighted by molar-refractivity contribution is -0.141. The zero-order chi connectivity index (χ0) is 28.0. The largest absolute Gasteiger partial charge is 0.507 e. The molecule has 0 radical (unpaired) electrons. The van der Waals surface area contributed by atoms with E-state index >= 15 is 0 Å². The first-order valence-electron chi connectivity index (χ1n) is 13.0. The molecule has 2 N–H and O–H groups in total. The molecular weight excluding hydrogens is 570 g/mol. The number of methoxy groups -OCH3 is 1. The van der Waals surface area contributed by atoms with Crippen LogP contribution in [-0.2, 0) is 24.0 Å². The number of Topliss-reactive ketones (excluding diaryl/α,β-unsaturated/α-hetero) is 1. The van der Waals surface area contributed by atoms with Gasteiger partial charge in [-0.15, -0.1) is 0 Å². The Morgan fingerprint density at radius 2 is 1.87 bits per heavy atom. The van der Waals surface area contributed by atoms with Gasteiger partial charge in [-0.05, 0) is 59.7 Å². The fraction of sp³-hybridized carbons (Fsp3) is 0.414. The Morgan fingerprint density at radius 3 is 2.59 bits per heavy atom. The van der Waals surface area contributed by atoms with Gasteiger partial charge in [-0.2, -0.15) is 0 Å². The van der Waals surface area contributed by atoms with Crippen LogP contribution in [0.15, 0.2) is 51.6 Å². The van der Waals surface area contributed by atoms with Crippen LogP contribution in [-0.4, -0.2) is 58.1 Å². The Hall–Kier alpha value is -3.53. The average molecular weight is 598 g/mol. The maximum atomic E-state index is 13.7. The summed E-state index contributed by atoms with van der Waals surface area (Å²) in [7, 11) is 1.46. The van der Waals surface area contributed by atoms with Gasteiger partial charge in [-0.25, -0.2) is 0 Å². The van der Waals surface area contributed by atoms with Crippen LogP contribution < -0.4 is 4.74 Å². The summed E-state index contributed by atoms with van der Waals surface area (Å²) in [5.41, 5.74) is 1.62. The quantitative estimate of drug-likeness (QED) is 0.200. The lowest BCUT2D eigenvalue weighted by atomic mass is 9.59. The van der Waals surface area contributed by atoms with E-state index in [9.17, 15) is 29.1 Å². The topological polar surface area (TPSA) is 138 Å². The summed E-state index contributed by atoms with van der Waals surface area (Å²) in [6.45, 7) is 0.211. The molecule has 0 saturated carbocycles. The number of fused-ring (bicyclic) bond motifs is 3. The molecule has 0 bridgehead atoms. The summed E-state index contributed by atoms with van der Waals surface area (Å²) in [4.78, 5) is 65.7. The maximum absolute atomic E-state index is 13.7. The van der Waals surface area contributed by atoms with E-state index in [4.69, 9.17) is 9.84 Å². The molecule has 1 heterocycles. The lowest BCUT2D eigenvalue weighted by Gasteiger charge is -2.42. The number of hydrogen-bond acceptors (Lipinski definition) is 7. The molecule has 0 aromatic heterocycles. The first kappa shape index (κ1) is 27.1. The van der Waals surface area contributed by atoms with Crippen molar-refractivity contribution in [2.45, 2.75) is 44.4 Å². The van der Waals surface area contributed by atoms with Crippen molar-refractivity contribution >= 4 is 45.3 Å². The zero-order valence-electron chi connectivity index (χ0n) is 21.3. The van der Waals surface area contributed by atoms with Crippen LogP contribution in [0, 0.1) is 17.8 Å². The number of carbonyl (C=O) groups excluding carboxylic acids is 4. The van der Waals surface area contributed by atoms with E-state index in [0.717, 1.165) is 5.57 Å². The molecular formula is C29H28BrNO8. The van der Waals surface area contributed by atoms with Crippen molar-refractivity contribution in [2.24, 2.45) is 17.8 Å². The number of aromatic hydroxyl groups is 1. The van der Waals surface area contributed by atoms with Gasteiger partial charge in [0.2, 0.25) is 11.8 Å². The van der Waals surface area contributed by atoms with Gasteiger partial charge in [0.15, 0.2) is 11.6 Å². The number of likely N-dealkylation sites (tertiary alicyclic amines) is 1. The second-order valence-corrected chi connectivity index (χ2v) is 11.2. The Balaban J connectivity index is 1.53. The SMILES string of the molecule is COc1cccc(O)c1C1C2=CCC3C(=O)N(CCCCCC(=O)O)C(=O)C3C2CC2=C1C(=O)C=C(Br)C2=O. The Kier molecular flexibility index (Phi) is 7.33. The average Bonchev–Trinajstić information content (AvgIpc) is 3.15. The van der Waals surface area contributed by atoms with Gasteiger partial charge in [0.1, 0.15) is 11.5 Å². The monoisotopic (exact) mass is 597 g/mol. The molecule has 0 spiro atoms. The third-order valence-corrected chi connectivity index (χ3v) is 8.84. The van der Waals surface area contributed by atoms with Gasteiger partial charge in [-0.3, -0.25) is 28.9 Å². The molecule has 1 aromatic rings. The lowest BCUT2D eigenvalue weighted by Crippen LogP contribution is -2.39. The molecule has 5 rings (SSSR count). The molecule has 4 atom stereocenters. The third-order valence-electron chi connectivity index (χ3n) is 8.25. The minimum Gasteiger partial charge on any atom is -0.507 e.